The van der Waals surface area contributed by atoms with Crippen LogP contribution in [0.1, 0.15) is 5.56 Å². The largest absolute Gasteiger partial charge is 0.508 e. The fraction of sp³-hybridized carbons (Fsp3) is 0.111. The number of halogens is 1. The van der Waals surface area contributed by atoms with Gasteiger partial charge in [0.15, 0.2) is 0 Å². The summed E-state index contributed by atoms with van der Waals surface area (Å²) in [6.07, 6.45) is 2.21. The smallest absolute Gasteiger partial charge is 0.313 e. The van der Waals surface area contributed by atoms with E-state index < -0.39 is 11.8 Å². The molecule has 4 N–H and O–H groups in total. The minimum atomic E-state index is -0.824. The van der Waals surface area contributed by atoms with Crippen molar-refractivity contribution in [2.75, 3.05) is 11.9 Å². The highest BCUT2D eigenvalue weighted by molar-refractivity contribution is 6.39. The fourth-order valence-corrected chi connectivity index (χ4v) is 2.52. The van der Waals surface area contributed by atoms with Gasteiger partial charge in [-0.1, -0.05) is 6.07 Å². The average molecular weight is 341 g/mol. The summed E-state index contributed by atoms with van der Waals surface area (Å²) in [4.78, 5) is 26.7. The van der Waals surface area contributed by atoms with Gasteiger partial charge in [0.05, 0.1) is 0 Å². The van der Waals surface area contributed by atoms with Gasteiger partial charge in [-0.05, 0) is 42.3 Å². The van der Waals surface area contributed by atoms with E-state index in [4.69, 9.17) is 0 Å². The molecule has 0 aliphatic heterocycles. The molecule has 0 fully saturated rings. The second-order valence-corrected chi connectivity index (χ2v) is 5.51. The van der Waals surface area contributed by atoms with Crippen molar-refractivity contribution >= 4 is 28.4 Å². The Morgan fingerprint density at radius 3 is 2.76 bits per heavy atom. The number of amides is 2. The fourth-order valence-electron chi connectivity index (χ4n) is 2.52. The highest BCUT2D eigenvalue weighted by Crippen LogP contribution is 2.19. The maximum atomic E-state index is 13.3. The Labute approximate surface area is 142 Å². The van der Waals surface area contributed by atoms with Crippen LogP contribution < -0.4 is 10.6 Å². The lowest BCUT2D eigenvalue weighted by molar-refractivity contribution is -0.136. The number of aromatic hydroxyl groups is 1. The van der Waals surface area contributed by atoms with Crippen LogP contribution >= 0.6 is 0 Å². The Balaban J connectivity index is 1.55. The molecule has 7 heteroatoms. The van der Waals surface area contributed by atoms with E-state index in [1.807, 2.05) is 0 Å². The summed E-state index contributed by atoms with van der Waals surface area (Å²) in [5.41, 5.74) is 1.99. The molecule has 6 nitrogen and oxygen atoms in total. The molecule has 1 heterocycles. The van der Waals surface area contributed by atoms with Gasteiger partial charge < -0.3 is 20.7 Å². The van der Waals surface area contributed by atoms with Crippen molar-refractivity contribution in [1.29, 1.82) is 0 Å². The average Bonchev–Trinajstić information content (AvgIpc) is 2.97. The van der Waals surface area contributed by atoms with Crippen molar-refractivity contribution in [1.82, 2.24) is 10.3 Å². The van der Waals surface area contributed by atoms with Crippen molar-refractivity contribution in [2.45, 2.75) is 6.42 Å². The highest BCUT2D eigenvalue weighted by atomic mass is 19.1. The quantitative estimate of drug-likeness (QED) is 0.549. The first-order valence-electron chi connectivity index (χ1n) is 7.66. The number of aromatic amines is 1. The molecule has 3 rings (SSSR count). The third kappa shape index (κ3) is 3.95. The second-order valence-electron chi connectivity index (χ2n) is 5.51. The van der Waals surface area contributed by atoms with Gasteiger partial charge in [0.1, 0.15) is 11.6 Å². The predicted molar refractivity (Wildman–Crippen MR) is 91.7 cm³/mol. The number of phenolic OH excluding ortho intramolecular Hbond substituents is 1. The van der Waals surface area contributed by atoms with E-state index >= 15 is 0 Å². The number of fused-ring (bicyclic) bond motifs is 1. The van der Waals surface area contributed by atoms with E-state index in [0.717, 1.165) is 16.5 Å². The number of hydrogen-bond acceptors (Lipinski definition) is 3. The summed E-state index contributed by atoms with van der Waals surface area (Å²) in [6, 6.07) is 10.4. The van der Waals surface area contributed by atoms with Crippen LogP contribution in [0.4, 0.5) is 10.1 Å². The van der Waals surface area contributed by atoms with Gasteiger partial charge in [-0.2, -0.15) is 0 Å². The molecule has 3 aromatic rings. The summed E-state index contributed by atoms with van der Waals surface area (Å²) >= 11 is 0. The van der Waals surface area contributed by atoms with Crippen LogP contribution in [0.2, 0.25) is 0 Å². The Morgan fingerprint density at radius 2 is 1.96 bits per heavy atom. The number of H-pyrrole nitrogens is 1. The molecule has 0 aliphatic carbocycles. The third-order valence-electron chi connectivity index (χ3n) is 3.72. The molecule has 0 spiro atoms. The first-order chi connectivity index (χ1) is 12.0. The first kappa shape index (κ1) is 16.5. The van der Waals surface area contributed by atoms with Crippen LogP contribution in [0, 0.1) is 5.82 Å². The van der Waals surface area contributed by atoms with E-state index in [2.05, 4.69) is 15.6 Å². The number of benzene rings is 2. The molecule has 0 bridgehead atoms. The number of rotatable bonds is 4. The topological polar surface area (TPSA) is 94.2 Å². The molecule has 2 aromatic carbocycles. The minimum Gasteiger partial charge on any atom is -0.508 e. The molecule has 0 atom stereocenters. The molecular formula is C18H16FN3O3. The Hall–Kier alpha value is -3.35. The van der Waals surface area contributed by atoms with Crippen molar-refractivity contribution in [3.8, 4) is 5.75 Å². The summed E-state index contributed by atoms with van der Waals surface area (Å²) in [6.45, 7) is 0.232. The molecule has 128 valence electrons. The molecular weight excluding hydrogens is 325 g/mol. The van der Waals surface area contributed by atoms with Crippen LogP contribution in [0.25, 0.3) is 10.9 Å². The van der Waals surface area contributed by atoms with Crippen molar-refractivity contribution in [3.63, 3.8) is 0 Å². The minimum absolute atomic E-state index is 0.00947. The Morgan fingerprint density at radius 1 is 1.12 bits per heavy atom. The Bertz CT molecular complexity index is 936. The van der Waals surface area contributed by atoms with E-state index in [0.29, 0.717) is 12.1 Å². The van der Waals surface area contributed by atoms with Gasteiger partial charge in [-0.25, -0.2) is 4.39 Å². The maximum absolute atomic E-state index is 13.3. The summed E-state index contributed by atoms with van der Waals surface area (Å²) in [7, 11) is 0. The standard InChI is InChI=1S/C18H16FN3O3/c19-12-4-5-16-15(8-12)11(10-21-16)6-7-20-17(24)18(25)22-13-2-1-3-14(23)9-13/h1-5,8-10,21,23H,6-7H2,(H,20,24)(H,22,25). The summed E-state index contributed by atoms with van der Waals surface area (Å²) < 4.78 is 13.3. The predicted octanol–water partition coefficient (Wildman–Crippen LogP) is 2.31. The van der Waals surface area contributed by atoms with Crippen LogP contribution in [0.5, 0.6) is 5.75 Å². The van der Waals surface area contributed by atoms with E-state index in [1.165, 1.54) is 24.3 Å². The number of carbonyl (C=O) groups excluding carboxylic acids is 2. The van der Waals surface area contributed by atoms with E-state index in [9.17, 15) is 19.1 Å². The van der Waals surface area contributed by atoms with Gasteiger partial charge in [-0.15, -0.1) is 0 Å². The Kier molecular flexibility index (Phi) is 4.65. The van der Waals surface area contributed by atoms with Crippen molar-refractivity contribution < 1.29 is 19.1 Å². The molecule has 0 unspecified atom stereocenters. The lowest BCUT2D eigenvalue weighted by atomic mass is 10.1. The normalized spacial score (nSPS) is 10.6. The van der Waals surface area contributed by atoms with Crippen LogP contribution in [-0.2, 0) is 16.0 Å². The maximum Gasteiger partial charge on any atom is 0.313 e. The van der Waals surface area contributed by atoms with Gasteiger partial charge >= 0.3 is 11.8 Å². The SMILES string of the molecule is O=C(NCCc1c[nH]c2ccc(F)cc12)C(=O)Nc1cccc(O)c1. The number of phenols is 1. The molecule has 0 saturated carbocycles. The zero-order chi connectivity index (χ0) is 17.8. The first-order valence-corrected chi connectivity index (χ1v) is 7.66. The third-order valence-corrected chi connectivity index (χ3v) is 3.72. The summed E-state index contributed by atoms with van der Waals surface area (Å²) in [5.74, 6) is -1.95. The van der Waals surface area contributed by atoms with Gasteiger partial charge in [0, 0.05) is 35.4 Å². The van der Waals surface area contributed by atoms with E-state index in [-0.39, 0.29) is 18.1 Å². The van der Waals surface area contributed by atoms with Gasteiger partial charge in [-0.3, -0.25) is 9.59 Å². The highest BCUT2D eigenvalue weighted by Gasteiger charge is 2.14. The zero-order valence-electron chi connectivity index (χ0n) is 13.2. The molecule has 2 amide bonds. The van der Waals surface area contributed by atoms with Crippen molar-refractivity contribution in [2.24, 2.45) is 0 Å². The summed E-state index contributed by atoms with van der Waals surface area (Å²) in [5, 5.41) is 15.0. The van der Waals surface area contributed by atoms with Crippen LogP contribution in [0.15, 0.2) is 48.7 Å². The van der Waals surface area contributed by atoms with E-state index in [1.54, 1.807) is 24.4 Å². The molecule has 0 saturated heterocycles. The molecule has 1 aromatic heterocycles. The molecule has 0 radical (unpaired) electrons. The van der Waals surface area contributed by atoms with Crippen LogP contribution in [0.3, 0.4) is 0 Å². The molecule has 0 aliphatic rings. The molecule has 25 heavy (non-hydrogen) atoms. The number of nitrogens with one attached hydrogen (secondary N) is 3. The number of aromatic nitrogens is 1. The monoisotopic (exact) mass is 341 g/mol. The van der Waals surface area contributed by atoms with Crippen LogP contribution in [-0.4, -0.2) is 28.4 Å². The number of hydrogen-bond donors (Lipinski definition) is 4. The van der Waals surface area contributed by atoms with Gasteiger partial charge in [0.2, 0.25) is 0 Å². The lowest BCUT2D eigenvalue weighted by Gasteiger charge is -2.06. The number of carbonyl (C=O) groups is 2. The lowest BCUT2D eigenvalue weighted by Crippen LogP contribution is -2.36. The number of anilines is 1. The zero-order valence-corrected chi connectivity index (χ0v) is 13.2. The second kappa shape index (κ2) is 7.04. The van der Waals surface area contributed by atoms with Crippen molar-refractivity contribution in [3.05, 3.63) is 60.0 Å². The van der Waals surface area contributed by atoms with Gasteiger partial charge in [0.25, 0.3) is 0 Å².